The largest absolute Gasteiger partial charge is 0.336 e. The van der Waals surface area contributed by atoms with E-state index in [9.17, 15) is 9.59 Å². The molecule has 0 spiro atoms. The van der Waals surface area contributed by atoms with Crippen LogP contribution in [0.4, 0.5) is 0 Å². The van der Waals surface area contributed by atoms with Crippen molar-refractivity contribution in [3.8, 4) is 0 Å². The Morgan fingerprint density at radius 1 is 1.07 bits per heavy atom. The lowest BCUT2D eigenvalue weighted by molar-refractivity contribution is 0.555. The van der Waals surface area contributed by atoms with E-state index < -0.39 is 0 Å². The van der Waals surface area contributed by atoms with E-state index in [-0.39, 0.29) is 17.2 Å². The highest BCUT2D eigenvalue weighted by Crippen LogP contribution is 2.45. The van der Waals surface area contributed by atoms with Crippen molar-refractivity contribution in [1.29, 1.82) is 0 Å². The first-order valence-electron chi connectivity index (χ1n) is 9.93. The lowest BCUT2D eigenvalue weighted by atomic mass is 9.93. The SMILES string of the molecule is CCCn1c(=O)c2[nH]c(C(c3ccccc3)C3CC3)nc2n(CCC)c1=O. The van der Waals surface area contributed by atoms with E-state index in [0.717, 1.165) is 18.7 Å². The van der Waals surface area contributed by atoms with Gasteiger partial charge in [0.25, 0.3) is 5.56 Å². The molecule has 4 rings (SSSR count). The first-order valence-corrected chi connectivity index (χ1v) is 9.93. The number of fused-ring (bicyclic) bond motifs is 1. The Morgan fingerprint density at radius 2 is 1.74 bits per heavy atom. The maximum absolute atomic E-state index is 12.9. The van der Waals surface area contributed by atoms with E-state index in [1.165, 1.54) is 23.0 Å². The molecule has 0 saturated heterocycles. The van der Waals surface area contributed by atoms with Crippen LogP contribution in [-0.2, 0) is 13.1 Å². The summed E-state index contributed by atoms with van der Waals surface area (Å²) in [4.78, 5) is 33.9. The number of aromatic amines is 1. The number of aryl methyl sites for hydroxylation is 1. The molecule has 0 radical (unpaired) electrons. The number of nitrogens with zero attached hydrogens (tertiary/aromatic N) is 3. The van der Waals surface area contributed by atoms with E-state index >= 15 is 0 Å². The summed E-state index contributed by atoms with van der Waals surface area (Å²) in [6.45, 7) is 4.98. The molecule has 1 N–H and O–H groups in total. The fourth-order valence-electron chi connectivity index (χ4n) is 3.92. The van der Waals surface area contributed by atoms with E-state index in [1.807, 2.05) is 32.0 Å². The van der Waals surface area contributed by atoms with Crippen molar-refractivity contribution < 1.29 is 0 Å². The van der Waals surface area contributed by atoms with Crippen LogP contribution in [0.3, 0.4) is 0 Å². The third-order valence-corrected chi connectivity index (χ3v) is 5.32. The molecule has 1 atom stereocenters. The molecule has 3 aromatic rings. The van der Waals surface area contributed by atoms with Crippen molar-refractivity contribution >= 4 is 11.2 Å². The number of aromatic nitrogens is 4. The first kappa shape index (κ1) is 17.8. The third-order valence-electron chi connectivity index (χ3n) is 5.32. The Hall–Kier alpha value is -2.63. The lowest BCUT2D eigenvalue weighted by Gasteiger charge is -2.13. The number of H-pyrrole nitrogens is 1. The highest BCUT2D eigenvalue weighted by Gasteiger charge is 2.36. The van der Waals surface area contributed by atoms with Gasteiger partial charge in [0.1, 0.15) is 11.3 Å². The van der Waals surface area contributed by atoms with Crippen LogP contribution in [0.2, 0.25) is 0 Å². The minimum atomic E-state index is -0.259. The first-order chi connectivity index (χ1) is 13.2. The molecule has 0 bridgehead atoms. The van der Waals surface area contributed by atoms with Gasteiger partial charge in [-0.25, -0.2) is 9.78 Å². The van der Waals surface area contributed by atoms with Crippen LogP contribution in [-0.4, -0.2) is 19.1 Å². The van der Waals surface area contributed by atoms with Crippen molar-refractivity contribution in [2.75, 3.05) is 0 Å². The summed E-state index contributed by atoms with van der Waals surface area (Å²) in [5.74, 6) is 1.48. The average molecular weight is 366 g/mol. The van der Waals surface area contributed by atoms with Crippen molar-refractivity contribution in [2.24, 2.45) is 5.92 Å². The summed E-state index contributed by atoms with van der Waals surface area (Å²) in [5.41, 5.74) is 1.64. The summed E-state index contributed by atoms with van der Waals surface area (Å²) in [7, 11) is 0. The smallest absolute Gasteiger partial charge is 0.332 e. The standard InChI is InChI=1S/C21H26N4O2/c1-3-12-24-19-17(20(26)25(13-4-2)21(24)27)22-18(23-19)16(15-10-11-15)14-8-6-5-7-9-14/h5-9,15-16H,3-4,10-13H2,1-2H3,(H,22,23). The van der Waals surface area contributed by atoms with E-state index in [4.69, 9.17) is 4.98 Å². The van der Waals surface area contributed by atoms with E-state index in [2.05, 4.69) is 17.1 Å². The molecule has 142 valence electrons. The third kappa shape index (κ3) is 3.13. The molecule has 6 heteroatoms. The van der Waals surface area contributed by atoms with Crippen LogP contribution < -0.4 is 11.2 Å². The molecule has 1 aliphatic carbocycles. The fourth-order valence-corrected chi connectivity index (χ4v) is 3.92. The van der Waals surface area contributed by atoms with Crippen LogP contribution >= 0.6 is 0 Å². The van der Waals surface area contributed by atoms with Crippen molar-refractivity contribution in [1.82, 2.24) is 19.1 Å². The zero-order chi connectivity index (χ0) is 19.0. The van der Waals surface area contributed by atoms with E-state index in [0.29, 0.717) is 30.2 Å². The molecule has 6 nitrogen and oxygen atoms in total. The number of nitrogens with one attached hydrogen (secondary N) is 1. The van der Waals surface area contributed by atoms with Crippen LogP contribution in [0.5, 0.6) is 0 Å². The highest BCUT2D eigenvalue weighted by molar-refractivity contribution is 5.70. The Labute approximate surface area is 157 Å². The molecule has 1 aromatic carbocycles. The topological polar surface area (TPSA) is 72.7 Å². The quantitative estimate of drug-likeness (QED) is 0.698. The lowest BCUT2D eigenvalue weighted by Crippen LogP contribution is -2.40. The predicted molar refractivity (Wildman–Crippen MR) is 106 cm³/mol. The highest BCUT2D eigenvalue weighted by atomic mass is 16.2. The van der Waals surface area contributed by atoms with Crippen molar-refractivity contribution in [3.05, 3.63) is 62.6 Å². The van der Waals surface area contributed by atoms with Gasteiger partial charge in [-0.15, -0.1) is 0 Å². The fraction of sp³-hybridized carbons (Fsp3) is 0.476. The van der Waals surface area contributed by atoms with Crippen LogP contribution in [0.25, 0.3) is 11.2 Å². The van der Waals surface area contributed by atoms with Crippen LogP contribution in [0.1, 0.15) is 56.8 Å². The molecule has 0 amide bonds. The van der Waals surface area contributed by atoms with Gasteiger partial charge in [0.05, 0.1) is 0 Å². The second-order valence-corrected chi connectivity index (χ2v) is 7.44. The van der Waals surface area contributed by atoms with Gasteiger partial charge in [-0.2, -0.15) is 0 Å². The molecule has 1 unspecified atom stereocenters. The van der Waals surface area contributed by atoms with Gasteiger partial charge in [0.15, 0.2) is 5.65 Å². The van der Waals surface area contributed by atoms with Gasteiger partial charge in [0.2, 0.25) is 0 Å². The number of benzene rings is 1. The zero-order valence-electron chi connectivity index (χ0n) is 15.9. The molecule has 0 aliphatic heterocycles. The second-order valence-electron chi connectivity index (χ2n) is 7.44. The predicted octanol–water partition coefficient (Wildman–Crippen LogP) is 3.25. The summed E-state index contributed by atoms with van der Waals surface area (Å²) in [5, 5.41) is 0. The molecule has 2 aromatic heterocycles. The molecule has 2 heterocycles. The van der Waals surface area contributed by atoms with Gasteiger partial charge in [-0.1, -0.05) is 44.2 Å². The van der Waals surface area contributed by atoms with E-state index in [1.54, 1.807) is 4.57 Å². The molecule has 1 aliphatic rings. The zero-order valence-corrected chi connectivity index (χ0v) is 15.9. The Bertz CT molecular complexity index is 1060. The average Bonchev–Trinajstić information content (AvgIpc) is 3.41. The number of imidazole rings is 1. The number of hydrogen-bond acceptors (Lipinski definition) is 3. The molecule has 1 saturated carbocycles. The Morgan fingerprint density at radius 3 is 2.37 bits per heavy atom. The minimum Gasteiger partial charge on any atom is -0.336 e. The monoisotopic (exact) mass is 366 g/mol. The summed E-state index contributed by atoms with van der Waals surface area (Å²) in [6, 6.07) is 10.3. The molecular weight excluding hydrogens is 340 g/mol. The summed E-state index contributed by atoms with van der Waals surface area (Å²) >= 11 is 0. The van der Waals surface area contributed by atoms with Crippen LogP contribution in [0, 0.1) is 5.92 Å². The maximum Gasteiger partial charge on any atom is 0.332 e. The van der Waals surface area contributed by atoms with Gasteiger partial charge >= 0.3 is 5.69 Å². The maximum atomic E-state index is 12.9. The van der Waals surface area contributed by atoms with Gasteiger partial charge < -0.3 is 4.98 Å². The summed E-state index contributed by atoms with van der Waals surface area (Å²) in [6.07, 6.45) is 3.88. The van der Waals surface area contributed by atoms with Crippen molar-refractivity contribution in [2.45, 2.75) is 58.5 Å². The number of hydrogen-bond donors (Lipinski definition) is 1. The molecule has 1 fully saturated rings. The second kappa shape index (κ2) is 7.18. The Balaban J connectivity index is 1.93. The Kier molecular flexibility index (Phi) is 4.72. The normalized spacial score (nSPS) is 15.3. The molecule has 27 heavy (non-hydrogen) atoms. The van der Waals surface area contributed by atoms with Gasteiger partial charge in [0, 0.05) is 19.0 Å². The number of rotatable bonds is 7. The minimum absolute atomic E-state index is 0.141. The van der Waals surface area contributed by atoms with Crippen LogP contribution in [0.15, 0.2) is 39.9 Å². The van der Waals surface area contributed by atoms with Gasteiger partial charge in [-0.3, -0.25) is 13.9 Å². The van der Waals surface area contributed by atoms with Crippen molar-refractivity contribution in [3.63, 3.8) is 0 Å². The summed E-state index contributed by atoms with van der Waals surface area (Å²) < 4.78 is 3.00. The van der Waals surface area contributed by atoms with Gasteiger partial charge in [-0.05, 0) is 37.2 Å². The molecular formula is C21H26N4O2.